The molecule has 12 rings (SSSR count). The number of aromatic nitrogens is 2. The zero-order valence-electron chi connectivity index (χ0n) is 37.2. The number of imidazole rings is 1. The fourth-order valence-electron chi connectivity index (χ4n) is 16.4. The molecule has 66 heavy (non-hydrogen) atoms. The van der Waals surface area contributed by atoms with Gasteiger partial charge in [0.05, 0.1) is 23.9 Å². The highest BCUT2D eigenvalue weighted by molar-refractivity contribution is 6.03. The van der Waals surface area contributed by atoms with Gasteiger partial charge in [0.25, 0.3) is 0 Å². The predicted molar refractivity (Wildman–Crippen MR) is 254 cm³/mol. The zero-order valence-corrected chi connectivity index (χ0v) is 37.2. The molecular formula is C56H61N3O7. The van der Waals surface area contributed by atoms with E-state index >= 15 is 0 Å². The van der Waals surface area contributed by atoms with Crippen molar-refractivity contribution in [1.29, 1.82) is 0 Å². The number of benzene rings is 4. The van der Waals surface area contributed by atoms with Crippen molar-refractivity contribution in [3.05, 3.63) is 131 Å². The Bertz CT molecular complexity index is 2780. The molecule has 0 radical (unpaired) electrons. The van der Waals surface area contributed by atoms with E-state index in [1.807, 2.05) is 12.4 Å². The molecule has 0 unspecified atom stereocenters. The summed E-state index contributed by atoms with van der Waals surface area (Å²) < 4.78 is 0. The van der Waals surface area contributed by atoms with E-state index in [-0.39, 0.29) is 80.2 Å². The van der Waals surface area contributed by atoms with Gasteiger partial charge in [-0.2, -0.15) is 0 Å². The van der Waals surface area contributed by atoms with Crippen LogP contribution in [-0.2, 0) is 18.3 Å². The zero-order chi connectivity index (χ0) is 45.1. The van der Waals surface area contributed by atoms with Crippen molar-refractivity contribution in [3.8, 4) is 28.7 Å². The summed E-state index contributed by atoms with van der Waals surface area (Å²) in [4.78, 5) is 8.53. The SMILES string of the molecule is Oc1ccc(/C=C/c2c(CCc3ccc([C@@H]4N[C@@H]5[C@H](C[C@H]6CCC[C@@]67CC[C@]68CCC[C@@H]6C=C[C@@H](O)[C@@H]8[C@@]57c5cnc[nH]5)[C@H]5C[C@H](O)C=C[C@H]54)cc3)c(O)c(O)c3c(O)cccc23)cc1O. The van der Waals surface area contributed by atoms with E-state index in [1.54, 1.807) is 30.4 Å². The van der Waals surface area contributed by atoms with Crippen LogP contribution in [0.2, 0.25) is 0 Å². The third-order valence-electron chi connectivity index (χ3n) is 18.8. The summed E-state index contributed by atoms with van der Waals surface area (Å²) in [5, 5.41) is 82.9. The molecule has 7 aliphatic rings. The summed E-state index contributed by atoms with van der Waals surface area (Å²) in [6.45, 7) is 0. The third-order valence-corrected chi connectivity index (χ3v) is 18.8. The molecule has 5 fully saturated rings. The number of aromatic amines is 1. The summed E-state index contributed by atoms with van der Waals surface area (Å²) in [5.41, 5.74) is 4.89. The minimum Gasteiger partial charge on any atom is -0.507 e. The van der Waals surface area contributed by atoms with Gasteiger partial charge in [-0.1, -0.05) is 91.8 Å². The van der Waals surface area contributed by atoms with Crippen molar-refractivity contribution >= 4 is 22.9 Å². The van der Waals surface area contributed by atoms with Crippen LogP contribution in [0.15, 0.2) is 97.5 Å². The summed E-state index contributed by atoms with van der Waals surface area (Å²) in [7, 11) is 0. The molecule has 9 N–H and O–H groups in total. The Labute approximate surface area is 385 Å². The van der Waals surface area contributed by atoms with E-state index < -0.39 is 12.2 Å². The summed E-state index contributed by atoms with van der Waals surface area (Å²) in [6.07, 6.45) is 27.6. The maximum atomic E-state index is 12.6. The summed E-state index contributed by atoms with van der Waals surface area (Å²) in [5.74, 6) is 0.524. The number of H-pyrrole nitrogens is 1. The fraction of sp³-hybridized carbons (Fsp3) is 0.446. The normalized spacial score (nSPS) is 36.4. The molecule has 4 saturated carbocycles. The molecule has 1 aromatic heterocycles. The van der Waals surface area contributed by atoms with Gasteiger partial charge in [0.2, 0.25) is 0 Å². The second-order valence-electron chi connectivity index (χ2n) is 21.2. The lowest BCUT2D eigenvalue weighted by Gasteiger charge is -2.74. The van der Waals surface area contributed by atoms with Gasteiger partial charge in [-0.3, -0.25) is 0 Å². The van der Waals surface area contributed by atoms with Crippen molar-refractivity contribution < 1.29 is 35.7 Å². The average Bonchev–Trinajstić information content (AvgIpc) is 4.11. The molecule has 4 aromatic carbocycles. The fourth-order valence-corrected chi connectivity index (χ4v) is 16.4. The Morgan fingerprint density at radius 3 is 2.41 bits per heavy atom. The van der Waals surface area contributed by atoms with E-state index in [0.717, 1.165) is 31.2 Å². The first-order valence-corrected chi connectivity index (χ1v) is 24.5. The maximum Gasteiger partial charge on any atom is 0.169 e. The van der Waals surface area contributed by atoms with Crippen LogP contribution in [-0.4, -0.2) is 64.0 Å². The van der Waals surface area contributed by atoms with Gasteiger partial charge in [0.1, 0.15) is 5.75 Å². The molecule has 2 heterocycles. The molecule has 342 valence electrons. The molecule has 2 spiro atoms. The Morgan fingerprint density at radius 1 is 0.742 bits per heavy atom. The quantitative estimate of drug-likeness (QED) is 0.0437. The van der Waals surface area contributed by atoms with Gasteiger partial charge in [-0.15, -0.1) is 0 Å². The lowest BCUT2D eigenvalue weighted by atomic mass is 9.32. The number of nitrogens with one attached hydrogen (secondary N) is 2. The Kier molecular flexibility index (Phi) is 9.83. The van der Waals surface area contributed by atoms with Crippen molar-refractivity contribution in [1.82, 2.24) is 15.3 Å². The van der Waals surface area contributed by atoms with E-state index in [9.17, 15) is 35.7 Å². The number of aliphatic hydroxyl groups is 2. The Hall–Kier alpha value is -5.55. The maximum absolute atomic E-state index is 12.6. The first kappa shape index (κ1) is 41.9. The molecule has 0 bridgehead atoms. The highest BCUT2D eigenvalue weighted by atomic mass is 16.3. The van der Waals surface area contributed by atoms with E-state index in [2.05, 4.69) is 59.0 Å². The van der Waals surface area contributed by atoms with E-state index in [1.165, 1.54) is 68.0 Å². The molecule has 1 saturated heterocycles. The number of aliphatic hydroxyl groups excluding tert-OH is 2. The Morgan fingerprint density at radius 2 is 1.59 bits per heavy atom. The van der Waals surface area contributed by atoms with Crippen LogP contribution in [0.4, 0.5) is 0 Å². The average molecular weight is 888 g/mol. The highest BCUT2D eigenvalue weighted by Gasteiger charge is 2.77. The lowest BCUT2D eigenvalue weighted by molar-refractivity contribution is -0.208. The molecule has 1 aliphatic heterocycles. The van der Waals surface area contributed by atoms with Crippen molar-refractivity contribution in [2.24, 2.45) is 46.3 Å². The number of aryl methyl sites for hydroxylation is 1. The van der Waals surface area contributed by atoms with Crippen LogP contribution in [0.25, 0.3) is 22.9 Å². The first-order chi connectivity index (χ1) is 32.0. The number of phenolic OH excluding ortho intramolecular Hbond substituents is 5. The van der Waals surface area contributed by atoms with E-state index in [4.69, 9.17) is 4.98 Å². The molecule has 6 aliphatic carbocycles. The highest BCUT2D eigenvalue weighted by Crippen LogP contribution is 2.78. The van der Waals surface area contributed by atoms with Gasteiger partial charge in [-0.05, 0) is 150 Å². The molecule has 0 amide bonds. The number of allylic oxidation sites excluding steroid dienone is 1. The van der Waals surface area contributed by atoms with Crippen LogP contribution >= 0.6 is 0 Å². The van der Waals surface area contributed by atoms with Crippen LogP contribution in [0, 0.1) is 46.3 Å². The number of aromatic hydroxyl groups is 5. The van der Waals surface area contributed by atoms with Crippen molar-refractivity contribution in [3.63, 3.8) is 0 Å². The Balaban J connectivity index is 0.916. The van der Waals surface area contributed by atoms with Crippen molar-refractivity contribution in [2.45, 2.75) is 107 Å². The van der Waals surface area contributed by atoms with Gasteiger partial charge >= 0.3 is 0 Å². The van der Waals surface area contributed by atoms with Crippen LogP contribution in [0.3, 0.4) is 0 Å². The largest absolute Gasteiger partial charge is 0.507 e. The monoisotopic (exact) mass is 887 g/mol. The van der Waals surface area contributed by atoms with Gasteiger partial charge in [0, 0.05) is 40.9 Å². The van der Waals surface area contributed by atoms with Gasteiger partial charge in [-0.25, -0.2) is 4.98 Å². The number of rotatable bonds is 7. The standard InChI is InChI=1S/C56H61N3O7/c60-36-16-19-39-41(28-36)42-27-35-5-3-23-55(35)25-24-54-22-2-4-34(54)15-21-45(63)52(54)56(55,47-29-57-30-58-47)53(42)59-49(39)33-13-8-31(9-14-33)10-18-40-37(17-11-32-12-20-43(61)46(64)26-32)38-6-1-7-44(62)48(38)51(66)50(40)65/h1,6-9,11-17,19-21,26,29-30,34-36,39,41-42,45,49,52-53,59-66H,2-5,10,18,22-25,27-28H2,(H,57,58)/b17-11+/t34-,35-,36-,39-,41+,42-,45-,49+,52+,53-,54-,55-,56+/m1/s1. The second-order valence-corrected chi connectivity index (χ2v) is 21.2. The number of piperidine rings is 1. The number of nitrogens with zero attached hydrogens (tertiary/aromatic N) is 1. The lowest BCUT2D eigenvalue weighted by Crippen LogP contribution is -2.77. The predicted octanol–water partition coefficient (Wildman–Crippen LogP) is 9.48. The van der Waals surface area contributed by atoms with Gasteiger partial charge in [0.15, 0.2) is 23.0 Å². The van der Waals surface area contributed by atoms with Crippen LogP contribution in [0.5, 0.6) is 28.7 Å². The molecule has 13 atom stereocenters. The number of fused-ring (bicyclic) bond motifs is 6. The number of hydrogen-bond acceptors (Lipinski definition) is 9. The molecular weight excluding hydrogens is 827 g/mol. The number of phenols is 5. The summed E-state index contributed by atoms with van der Waals surface area (Å²) >= 11 is 0. The van der Waals surface area contributed by atoms with Crippen LogP contribution in [0.1, 0.15) is 104 Å². The second kappa shape index (κ2) is 15.5. The third kappa shape index (κ3) is 5.92. The smallest absolute Gasteiger partial charge is 0.169 e. The van der Waals surface area contributed by atoms with Gasteiger partial charge < -0.3 is 46.0 Å². The molecule has 10 heteroatoms. The van der Waals surface area contributed by atoms with Crippen molar-refractivity contribution in [2.75, 3.05) is 0 Å². The molecule has 5 aromatic rings. The topological polar surface area (TPSA) is 182 Å². The number of hydrogen-bond donors (Lipinski definition) is 9. The molecule has 10 nitrogen and oxygen atoms in total. The minimum atomic E-state index is -0.555. The summed E-state index contributed by atoms with van der Waals surface area (Å²) in [6, 6.07) is 18.4. The van der Waals surface area contributed by atoms with E-state index in [0.29, 0.717) is 52.7 Å². The minimum absolute atomic E-state index is 0.0225. The first-order valence-electron chi connectivity index (χ1n) is 24.5. The van der Waals surface area contributed by atoms with Crippen LogP contribution < -0.4 is 5.32 Å².